The van der Waals surface area contributed by atoms with Crippen LogP contribution in [-0.4, -0.2) is 16.2 Å². The van der Waals surface area contributed by atoms with Crippen molar-refractivity contribution < 1.29 is 4.74 Å². The molecule has 0 unspecified atom stereocenters. The zero-order valence-electron chi connectivity index (χ0n) is 14.2. The predicted octanol–water partition coefficient (Wildman–Crippen LogP) is 5.09. The molecule has 3 nitrogen and oxygen atoms in total. The van der Waals surface area contributed by atoms with E-state index in [0.717, 1.165) is 34.7 Å². The average molecular weight is 328 g/mol. The second-order valence-corrected chi connectivity index (χ2v) is 6.11. The van der Waals surface area contributed by atoms with Gasteiger partial charge in [-0.2, -0.15) is 0 Å². The first kappa shape index (κ1) is 15.5. The van der Waals surface area contributed by atoms with Crippen LogP contribution in [0, 0.1) is 6.92 Å². The Labute approximate surface area is 147 Å². The molecular formula is C22H20N2O. The molecule has 0 aliphatic rings. The van der Waals surface area contributed by atoms with Crippen molar-refractivity contribution in [1.29, 1.82) is 0 Å². The summed E-state index contributed by atoms with van der Waals surface area (Å²) in [5, 5.41) is 0. The molecule has 0 saturated carbocycles. The largest absolute Gasteiger partial charge is 0.492 e. The second-order valence-electron chi connectivity index (χ2n) is 6.11. The molecule has 4 rings (SSSR count). The van der Waals surface area contributed by atoms with Gasteiger partial charge in [0.25, 0.3) is 0 Å². The molecule has 4 aromatic rings. The van der Waals surface area contributed by atoms with E-state index < -0.39 is 0 Å². The minimum atomic E-state index is 0.601. The van der Waals surface area contributed by atoms with E-state index in [1.807, 2.05) is 36.4 Å². The lowest BCUT2D eigenvalue weighted by molar-refractivity contribution is 0.300. The summed E-state index contributed by atoms with van der Waals surface area (Å²) in [6.07, 6.45) is 0. The Morgan fingerprint density at radius 3 is 2.52 bits per heavy atom. The Morgan fingerprint density at radius 1 is 0.880 bits per heavy atom. The Morgan fingerprint density at radius 2 is 1.68 bits per heavy atom. The number of nitrogens with zero attached hydrogens (tertiary/aromatic N) is 2. The zero-order chi connectivity index (χ0) is 17.1. The SMILES string of the molecule is Cc1cccc(OCCn2c(-c3ccccc3)nc3ccccc32)c1. The van der Waals surface area contributed by atoms with Crippen LogP contribution in [0.15, 0.2) is 78.9 Å². The Kier molecular flexibility index (Phi) is 4.21. The molecule has 0 atom stereocenters. The van der Waals surface area contributed by atoms with Crippen LogP contribution in [0.1, 0.15) is 5.56 Å². The Balaban J connectivity index is 1.63. The molecule has 0 bridgehead atoms. The standard InChI is InChI=1S/C22H20N2O/c1-17-8-7-11-19(16-17)25-15-14-24-21-13-6-5-12-20(21)23-22(24)18-9-3-2-4-10-18/h2-13,16H,14-15H2,1H3. The number of benzene rings is 3. The van der Waals surface area contributed by atoms with E-state index in [-0.39, 0.29) is 0 Å². The Bertz CT molecular complexity index is 989. The van der Waals surface area contributed by atoms with Crippen molar-refractivity contribution in [2.45, 2.75) is 13.5 Å². The Hall–Kier alpha value is -3.07. The fourth-order valence-electron chi connectivity index (χ4n) is 3.07. The van der Waals surface area contributed by atoms with Gasteiger partial charge in [-0.05, 0) is 36.8 Å². The summed E-state index contributed by atoms with van der Waals surface area (Å²) in [6, 6.07) is 26.7. The van der Waals surface area contributed by atoms with Crippen molar-refractivity contribution in [2.24, 2.45) is 0 Å². The summed E-state index contributed by atoms with van der Waals surface area (Å²) in [6.45, 7) is 3.42. The molecule has 0 spiro atoms. The van der Waals surface area contributed by atoms with E-state index in [9.17, 15) is 0 Å². The van der Waals surface area contributed by atoms with Gasteiger partial charge in [-0.15, -0.1) is 0 Å². The molecule has 3 heteroatoms. The monoisotopic (exact) mass is 328 g/mol. The van der Waals surface area contributed by atoms with Gasteiger partial charge in [0.15, 0.2) is 0 Å². The molecule has 124 valence electrons. The average Bonchev–Trinajstić information content (AvgIpc) is 3.01. The molecule has 0 saturated heterocycles. The van der Waals surface area contributed by atoms with Crippen molar-refractivity contribution in [3.63, 3.8) is 0 Å². The van der Waals surface area contributed by atoms with Crippen molar-refractivity contribution in [1.82, 2.24) is 9.55 Å². The maximum absolute atomic E-state index is 5.95. The van der Waals surface area contributed by atoms with E-state index in [0.29, 0.717) is 6.61 Å². The van der Waals surface area contributed by atoms with Crippen LogP contribution >= 0.6 is 0 Å². The van der Waals surface area contributed by atoms with Crippen LogP contribution in [0.3, 0.4) is 0 Å². The number of fused-ring (bicyclic) bond motifs is 1. The molecule has 0 fully saturated rings. The maximum atomic E-state index is 5.95. The minimum Gasteiger partial charge on any atom is -0.492 e. The lowest BCUT2D eigenvalue weighted by Crippen LogP contribution is -2.09. The van der Waals surface area contributed by atoms with E-state index in [1.165, 1.54) is 5.56 Å². The normalized spacial score (nSPS) is 10.9. The van der Waals surface area contributed by atoms with Crippen LogP contribution in [0.4, 0.5) is 0 Å². The van der Waals surface area contributed by atoms with Crippen molar-refractivity contribution in [2.75, 3.05) is 6.61 Å². The topological polar surface area (TPSA) is 27.1 Å². The van der Waals surface area contributed by atoms with Crippen LogP contribution in [0.25, 0.3) is 22.4 Å². The summed E-state index contributed by atoms with van der Waals surface area (Å²) in [5.41, 5.74) is 4.47. The summed E-state index contributed by atoms with van der Waals surface area (Å²) in [4.78, 5) is 4.83. The highest BCUT2D eigenvalue weighted by atomic mass is 16.5. The van der Waals surface area contributed by atoms with E-state index in [2.05, 4.69) is 54.0 Å². The van der Waals surface area contributed by atoms with Gasteiger partial charge in [0.2, 0.25) is 0 Å². The summed E-state index contributed by atoms with van der Waals surface area (Å²) in [7, 11) is 0. The van der Waals surface area contributed by atoms with Crippen LogP contribution < -0.4 is 4.74 Å². The highest BCUT2D eigenvalue weighted by Crippen LogP contribution is 2.24. The molecule has 0 radical (unpaired) electrons. The van der Waals surface area contributed by atoms with Gasteiger partial charge in [-0.25, -0.2) is 4.98 Å². The number of hydrogen-bond donors (Lipinski definition) is 0. The highest BCUT2D eigenvalue weighted by molar-refractivity contribution is 5.80. The van der Waals surface area contributed by atoms with Gasteiger partial charge >= 0.3 is 0 Å². The molecule has 1 heterocycles. The third-order valence-electron chi connectivity index (χ3n) is 4.26. The first-order chi connectivity index (χ1) is 12.3. The molecule has 0 aliphatic carbocycles. The van der Waals surface area contributed by atoms with Gasteiger partial charge in [0.1, 0.15) is 18.2 Å². The highest BCUT2D eigenvalue weighted by Gasteiger charge is 2.12. The summed E-state index contributed by atoms with van der Waals surface area (Å²) < 4.78 is 8.19. The van der Waals surface area contributed by atoms with Crippen LogP contribution in [-0.2, 0) is 6.54 Å². The first-order valence-corrected chi connectivity index (χ1v) is 8.51. The lowest BCUT2D eigenvalue weighted by Gasteiger charge is -2.11. The van der Waals surface area contributed by atoms with E-state index in [4.69, 9.17) is 9.72 Å². The smallest absolute Gasteiger partial charge is 0.141 e. The van der Waals surface area contributed by atoms with Gasteiger partial charge in [0, 0.05) is 5.56 Å². The molecule has 25 heavy (non-hydrogen) atoms. The zero-order valence-corrected chi connectivity index (χ0v) is 14.2. The molecule has 0 amide bonds. The van der Waals surface area contributed by atoms with Crippen LogP contribution in [0.5, 0.6) is 5.75 Å². The number of imidazole rings is 1. The quantitative estimate of drug-likeness (QED) is 0.510. The summed E-state index contributed by atoms with van der Waals surface area (Å²) >= 11 is 0. The van der Waals surface area contributed by atoms with Crippen LogP contribution in [0.2, 0.25) is 0 Å². The van der Waals surface area contributed by atoms with Gasteiger partial charge < -0.3 is 9.30 Å². The molecular weight excluding hydrogens is 308 g/mol. The van der Waals surface area contributed by atoms with Crippen molar-refractivity contribution in [3.05, 3.63) is 84.4 Å². The van der Waals surface area contributed by atoms with Crippen molar-refractivity contribution in [3.8, 4) is 17.1 Å². The van der Waals surface area contributed by atoms with Gasteiger partial charge in [0.05, 0.1) is 17.6 Å². The minimum absolute atomic E-state index is 0.601. The molecule has 3 aromatic carbocycles. The number of aryl methyl sites for hydroxylation is 1. The predicted molar refractivity (Wildman–Crippen MR) is 102 cm³/mol. The first-order valence-electron chi connectivity index (χ1n) is 8.51. The van der Waals surface area contributed by atoms with E-state index >= 15 is 0 Å². The fraction of sp³-hybridized carbons (Fsp3) is 0.136. The third-order valence-corrected chi connectivity index (χ3v) is 4.26. The molecule has 1 aromatic heterocycles. The van der Waals surface area contributed by atoms with Gasteiger partial charge in [-0.3, -0.25) is 0 Å². The number of para-hydroxylation sites is 2. The maximum Gasteiger partial charge on any atom is 0.141 e. The summed E-state index contributed by atoms with van der Waals surface area (Å²) in [5.74, 6) is 1.89. The second kappa shape index (κ2) is 6.81. The van der Waals surface area contributed by atoms with Crippen molar-refractivity contribution >= 4 is 11.0 Å². The van der Waals surface area contributed by atoms with Gasteiger partial charge in [-0.1, -0.05) is 54.6 Å². The lowest BCUT2D eigenvalue weighted by atomic mass is 10.2. The number of ether oxygens (including phenoxy) is 1. The molecule has 0 aliphatic heterocycles. The molecule has 0 N–H and O–H groups in total. The number of rotatable bonds is 5. The third kappa shape index (κ3) is 3.26. The van der Waals surface area contributed by atoms with E-state index in [1.54, 1.807) is 0 Å². The fourth-order valence-corrected chi connectivity index (χ4v) is 3.07. The number of hydrogen-bond acceptors (Lipinski definition) is 2. The number of aromatic nitrogens is 2.